The van der Waals surface area contributed by atoms with Crippen molar-refractivity contribution in [1.82, 2.24) is 15.6 Å². The van der Waals surface area contributed by atoms with E-state index >= 15 is 0 Å². The van der Waals surface area contributed by atoms with Crippen LogP contribution in [0.1, 0.15) is 38.7 Å². The lowest BCUT2D eigenvalue weighted by molar-refractivity contribution is 0.239. The van der Waals surface area contributed by atoms with Gasteiger partial charge in [0.05, 0.1) is 0 Å². The standard InChI is InChI=1S/C17H28N4OS/c1-17(2,23-3)13-20-16(22)19-12-14-8-7-9-18-15(14)21-10-5-4-6-11-21/h7-9H,4-6,10-13H2,1-3H3,(H2,19,20,22). The summed E-state index contributed by atoms with van der Waals surface area (Å²) in [5.41, 5.74) is 1.08. The molecule has 23 heavy (non-hydrogen) atoms. The van der Waals surface area contributed by atoms with E-state index in [1.54, 1.807) is 11.8 Å². The number of amides is 2. The Bertz CT molecular complexity index is 515. The van der Waals surface area contributed by atoms with Gasteiger partial charge in [0.25, 0.3) is 0 Å². The first-order valence-corrected chi connectivity index (χ1v) is 9.50. The largest absolute Gasteiger partial charge is 0.356 e. The van der Waals surface area contributed by atoms with Crippen LogP contribution in [0.5, 0.6) is 0 Å². The molecule has 1 aliphatic heterocycles. The summed E-state index contributed by atoms with van der Waals surface area (Å²) in [5, 5.41) is 5.89. The molecule has 128 valence electrons. The number of hydrogen-bond donors (Lipinski definition) is 2. The Morgan fingerprint density at radius 3 is 2.74 bits per heavy atom. The number of pyridine rings is 1. The number of nitrogens with zero attached hydrogens (tertiary/aromatic N) is 2. The topological polar surface area (TPSA) is 57.3 Å². The van der Waals surface area contributed by atoms with E-state index in [0.717, 1.165) is 24.5 Å². The highest BCUT2D eigenvalue weighted by atomic mass is 32.2. The van der Waals surface area contributed by atoms with E-state index in [1.165, 1.54) is 19.3 Å². The predicted molar refractivity (Wildman–Crippen MR) is 98.1 cm³/mol. The van der Waals surface area contributed by atoms with Crippen LogP contribution in [0, 0.1) is 0 Å². The van der Waals surface area contributed by atoms with E-state index < -0.39 is 0 Å². The molecule has 1 fully saturated rings. The zero-order chi connectivity index (χ0) is 16.7. The van der Waals surface area contributed by atoms with Crippen LogP contribution in [0.3, 0.4) is 0 Å². The van der Waals surface area contributed by atoms with Gasteiger partial charge in [-0.3, -0.25) is 0 Å². The normalized spacial score (nSPS) is 15.3. The summed E-state index contributed by atoms with van der Waals surface area (Å²) < 4.78 is 0.0462. The predicted octanol–water partition coefficient (Wildman–Crippen LogP) is 3.01. The number of nitrogens with one attached hydrogen (secondary N) is 2. The highest BCUT2D eigenvalue weighted by molar-refractivity contribution is 7.99. The Hall–Kier alpha value is -1.43. The number of anilines is 1. The zero-order valence-electron chi connectivity index (χ0n) is 14.4. The number of piperidine rings is 1. The molecule has 1 aromatic heterocycles. The monoisotopic (exact) mass is 336 g/mol. The zero-order valence-corrected chi connectivity index (χ0v) is 15.2. The second kappa shape index (κ2) is 8.43. The van der Waals surface area contributed by atoms with Gasteiger partial charge in [-0.25, -0.2) is 9.78 Å². The molecular weight excluding hydrogens is 308 g/mol. The number of carbonyl (C=O) groups is 1. The smallest absolute Gasteiger partial charge is 0.315 e. The number of aromatic nitrogens is 1. The van der Waals surface area contributed by atoms with Crippen LogP contribution in [-0.2, 0) is 6.54 Å². The van der Waals surface area contributed by atoms with E-state index in [2.05, 4.69) is 40.6 Å². The van der Waals surface area contributed by atoms with E-state index in [1.807, 2.05) is 18.3 Å². The minimum Gasteiger partial charge on any atom is -0.356 e. The van der Waals surface area contributed by atoms with Gasteiger partial charge >= 0.3 is 6.03 Å². The Balaban J connectivity index is 1.89. The van der Waals surface area contributed by atoms with Crippen molar-refractivity contribution in [2.45, 2.75) is 44.4 Å². The first-order valence-electron chi connectivity index (χ1n) is 8.27. The first kappa shape index (κ1) is 17.9. The Morgan fingerprint density at radius 2 is 2.04 bits per heavy atom. The van der Waals surface area contributed by atoms with Crippen molar-refractivity contribution in [2.24, 2.45) is 0 Å². The summed E-state index contributed by atoms with van der Waals surface area (Å²) in [5.74, 6) is 1.01. The molecule has 0 unspecified atom stereocenters. The van der Waals surface area contributed by atoms with Crippen molar-refractivity contribution in [3.8, 4) is 0 Å². The molecule has 0 aliphatic carbocycles. The number of hydrogen-bond acceptors (Lipinski definition) is 4. The Morgan fingerprint density at radius 1 is 1.30 bits per heavy atom. The Labute approximate surface area is 143 Å². The molecule has 2 N–H and O–H groups in total. The van der Waals surface area contributed by atoms with Crippen LogP contribution < -0.4 is 15.5 Å². The minimum absolute atomic E-state index is 0.0462. The van der Waals surface area contributed by atoms with E-state index in [4.69, 9.17) is 0 Å². The van der Waals surface area contributed by atoms with Crippen molar-refractivity contribution in [1.29, 1.82) is 0 Å². The lowest BCUT2D eigenvalue weighted by Crippen LogP contribution is -2.42. The third-order valence-electron chi connectivity index (χ3n) is 4.19. The quantitative estimate of drug-likeness (QED) is 0.838. The molecule has 0 atom stereocenters. The molecule has 0 aromatic carbocycles. The summed E-state index contributed by atoms with van der Waals surface area (Å²) in [6, 6.07) is 3.85. The van der Waals surface area contributed by atoms with E-state index in [9.17, 15) is 4.79 Å². The molecule has 2 heterocycles. The summed E-state index contributed by atoms with van der Waals surface area (Å²) in [6.45, 7) is 7.49. The van der Waals surface area contributed by atoms with Crippen molar-refractivity contribution in [3.05, 3.63) is 23.9 Å². The number of carbonyl (C=O) groups excluding carboxylic acids is 1. The van der Waals surface area contributed by atoms with Crippen LogP contribution in [0.2, 0.25) is 0 Å². The van der Waals surface area contributed by atoms with Crippen molar-refractivity contribution in [3.63, 3.8) is 0 Å². The second-order valence-electron chi connectivity index (χ2n) is 6.53. The molecule has 0 spiro atoms. The van der Waals surface area contributed by atoms with Gasteiger partial charge in [0.15, 0.2) is 0 Å². The van der Waals surface area contributed by atoms with Crippen LogP contribution >= 0.6 is 11.8 Å². The van der Waals surface area contributed by atoms with Crippen molar-refractivity contribution < 1.29 is 4.79 Å². The molecular formula is C17H28N4OS. The maximum Gasteiger partial charge on any atom is 0.315 e. The van der Waals surface area contributed by atoms with Crippen molar-refractivity contribution >= 4 is 23.6 Å². The fraction of sp³-hybridized carbons (Fsp3) is 0.647. The fourth-order valence-electron chi connectivity index (χ4n) is 2.56. The minimum atomic E-state index is -0.124. The van der Waals surface area contributed by atoms with Gasteiger partial charge in [0.2, 0.25) is 0 Å². The third-order valence-corrected chi connectivity index (χ3v) is 5.44. The van der Waals surface area contributed by atoms with Gasteiger partial charge in [-0.1, -0.05) is 6.07 Å². The molecule has 1 aliphatic rings. The van der Waals surface area contributed by atoms with Gasteiger partial charge in [-0.15, -0.1) is 0 Å². The average molecular weight is 337 g/mol. The molecule has 0 saturated carbocycles. The SMILES string of the molecule is CSC(C)(C)CNC(=O)NCc1cccnc1N1CCCCC1. The molecule has 1 saturated heterocycles. The van der Waals surface area contributed by atoms with E-state index in [-0.39, 0.29) is 10.8 Å². The number of thioether (sulfide) groups is 1. The maximum absolute atomic E-state index is 12.0. The molecule has 0 radical (unpaired) electrons. The highest BCUT2D eigenvalue weighted by Crippen LogP contribution is 2.21. The summed E-state index contributed by atoms with van der Waals surface area (Å²) in [7, 11) is 0. The molecule has 5 nitrogen and oxygen atoms in total. The van der Waals surface area contributed by atoms with Gasteiger partial charge < -0.3 is 15.5 Å². The van der Waals surface area contributed by atoms with Crippen LogP contribution in [0.15, 0.2) is 18.3 Å². The molecule has 6 heteroatoms. The molecule has 2 rings (SSSR count). The van der Waals surface area contributed by atoms with Crippen LogP contribution in [-0.4, -0.2) is 41.7 Å². The van der Waals surface area contributed by atoms with Crippen LogP contribution in [0.25, 0.3) is 0 Å². The Kier molecular flexibility index (Phi) is 6.57. The summed E-state index contributed by atoms with van der Waals surface area (Å²) >= 11 is 1.75. The summed E-state index contributed by atoms with van der Waals surface area (Å²) in [6.07, 6.45) is 7.61. The van der Waals surface area contributed by atoms with Gasteiger partial charge in [0.1, 0.15) is 5.82 Å². The second-order valence-corrected chi connectivity index (χ2v) is 8.05. The average Bonchev–Trinajstić information content (AvgIpc) is 2.59. The number of rotatable bonds is 6. The van der Waals surface area contributed by atoms with Gasteiger partial charge in [-0.05, 0) is 45.4 Å². The third kappa shape index (κ3) is 5.61. The molecule has 2 amide bonds. The fourth-order valence-corrected chi connectivity index (χ4v) is 2.78. The van der Waals surface area contributed by atoms with Gasteiger partial charge in [0, 0.05) is 42.7 Å². The first-order chi connectivity index (χ1) is 11.0. The van der Waals surface area contributed by atoms with E-state index in [0.29, 0.717) is 13.1 Å². The lowest BCUT2D eigenvalue weighted by atomic mass is 10.1. The van der Waals surface area contributed by atoms with Gasteiger partial charge in [-0.2, -0.15) is 11.8 Å². The lowest BCUT2D eigenvalue weighted by Gasteiger charge is -2.29. The van der Waals surface area contributed by atoms with Crippen LogP contribution in [0.4, 0.5) is 10.6 Å². The highest BCUT2D eigenvalue weighted by Gasteiger charge is 2.18. The molecule has 0 bridgehead atoms. The maximum atomic E-state index is 12.0. The van der Waals surface area contributed by atoms with Crippen molar-refractivity contribution in [2.75, 3.05) is 30.8 Å². The molecule has 1 aromatic rings. The number of urea groups is 1. The summed E-state index contributed by atoms with van der Waals surface area (Å²) in [4.78, 5) is 18.9.